The van der Waals surface area contributed by atoms with Gasteiger partial charge in [0.15, 0.2) is 0 Å². The fourth-order valence-corrected chi connectivity index (χ4v) is 4.79. The Morgan fingerprint density at radius 2 is 1.81 bits per heavy atom. The van der Waals surface area contributed by atoms with Crippen LogP contribution in [0.15, 0.2) is 90.2 Å². The number of amides is 2. The molecule has 9 nitrogen and oxygen atoms in total. The molecule has 0 bridgehead atoms. The number of non-ortho nitro benzene ring substituents is 1. The number of carbonyl (C=O) groups is 2. The lowest BCUT2D eigenvalue weighted by Gasteiger charge is -2.07. The van der Waals surface area contributed by atoms with E-state index in [9.17, 15) is 19.7 Å². The number of rotatable bonds is 7. The third-order valence-electron chi connectivity index (χ3n) is 5.50. The smallest absolute Gasteiger partial charge is 0.281 e. The van der Waals surface area contributed by atoms with E-state index in [0.717, 1.165) is 26.9 Å². The van der Waals surface area contributed by atoms with Gasteiger partial charge in [0.25, 0.3) is 11.6 Å². The van der Waals surface area contributed by atoms with Crippen molar-refractivity contribution < 1.29 is 14.5 Å². The van der Waals surface area contributed by atoms with Crippen molar-refractivity contribution in [1.29, 1.82) is 0 Å². The molecule has 0 aliphatic rings. The monoisotopic (exact) mass is 497 g/mol. The van der Waals surface area contributed by atoms with Gasteiger partial charge < -0.3 is 9.88 Å². The Morgan fingerprint density at radius 3 is 2.61 bits per heavy atom. The Kier molecular flexibility index (Phi) is 6.25. The zero-order valence-corrected chi connectivity index (χ0v) is 19.6. The van der Waals surface area contributed by atoms with E-state index in [1.807, 2.05) is 65.4 Å². The van der Waals surface area contributed by atoms with Crippen molar-refractivity contribution in [2.24, 2.45) is 5.10 Å². The zero-order valence-electron chi connectivity index (χ0n) is 18.8. The van der Waals surface area contributed by atoms with Crippen LogP contribution in [0.1, 0.15) is 15.2 Å². The van der Waals surface area contributed by atoms with Crippen LogP contribution in [-0.2, 0) is 11.3 Å². The third-order valence-corrected chi connectivity index (χ3v) is 6.61. The van der Waals surface area contributed by atoms with E-state index in [0.29, 0.717) is 10.3 Å². The summed E-state index contributed by atoms with van der Waals surface area (Å²) in [4.78, 5) is 36.1. The average molecular weight is 498 g/mol. The molecule has 0 radical (unpaired) electrons. The summed E-state index contributed by atoms with van der Waals surface area (Å²) in [6.07, 6.45) is 3.34. The molecule has 3 aromatic carbocycles. The van der Waals surface area contributed by atoms with Crippen molar-refractivity contribution in [3.63, 3.8) is 0 Å². The Morgan fingerprint density at radius 1 is 1.03 bits per heavy atom. The number of nitro groups is 1. The maximum Gasteiger partial charge on any atom is 0.281 e. The number of hydrazone groups is 1. The number of fused-ring (bicyclic) bond motifs is 2. The van der Waals surface area contributed by atoms with Gasteiger partial charge in [-0.25, -0.2) is 5.43 Å². The molecule has 2 amide bonds. The number of nitrogens with zero attached hydrogens (tertiary/aromatic N) is 3. The molecule has 0 atom stereocenters. The lowest BCUT2D eigenvalue weighted by atomic mass is 10.2. The fraction of sp³-hybridized carbons (Fsp3) is 0.0385. The standard InChI is InChI=1S/C26H19N5O4S/c32-25(28-19-6-2-1-3-7-19)16-30-15-18(21-8-4-5-9-22(21)30)14-27-29-26(33)24-13-17-12-20(31(34)35)10-11-23(17)36-24/h1-15H,16H2,(H,28,32)(H,29,33)/b27-14-. The summed E-state index contributed by atoms with van der Waals surface area (Å²) >= 11 is 1.23. The van der Waals surface area contributed by atoms with Crippen LogP contribution in [0.2, 0.25) is 0 Å². The van der Waals surface area contributed by atoms with Gasteiger partial charge in [-0.15, -0.1) is 11.3 Å². The zero-order chi connectivity index (χ0) is 25.1. The number of benzene rings is 3. The minimum atomic E-state index is -0.469. The van der Waals surface area contributed by atoms with Crippen molar-refractivity contribution in [2.45, 2.75) is 6.54 Å². The quantitative estimate of drug-likeness (QED) is 0.183. The van der Waals surface area contributed by atoms with Crippen LogP contribution in [0.25, 0.3) is 21.0 Å². The van der Waals surface area contributed by atoms with Gasteiger partial charge in [-0.05, 0) is 30.3 Å². The molecule has 0 saturated heterocycles. The van der Waals surface area contributed by atoms with E-state index in [2.05, 4.69) is 15.8 Å². The van der Waals surface area contributed by atoms with Crippen LogP contribution in [0.5, 0.6) is 0 Å². The highest BCUT2D eigenvalue weighted by molar-refractivity contribution is 7.20. The number of nitro benzene ring substituents is 1. The Balaban J connectivity index is 1.31. The third kappa shape index (κ3) is 4.84. The first kappa shape index (κ1) is 22.9. The molecule has 0 unspecified atom stereocenters. The molecule has 10 heteroatoms. The van der Waals surface area contributed by atoms with Gasteiger partial charge >= 0.3 is 0 Å². The summed E-state index contributed by atoms with van der Waals surface area (Å²) in [7, 11) is 0. The molecule has 2 heterocycles. The van der Waals surface area contributed by atoms with Crippen LogP contribution in [0.4, 0.5) is 11.4 Å². The molecule has 0 fully saturated rings. The molecule has 0 aliphatic heterocycles. The summed E-state index contributed by atoms with van der Waals surface area (Å²) in [6.45, 7) is 0.115. The predicted molar refractivity (Wildman–Crippen MR) is 141 cm³/mol. The molecule has 5 aromatic rings. The van der Waals surface area contributed by atoms with Crippen molar-refractivity contribution in [2.75, 3.05) is 5.32 Å². The summed E-state index contributed by atoms with van der Waals surface area (Å²) in [5.74, 6) is -0.579. The summed E-state index contributed by atoms with van der Waals surface area (Å²) in [6, 6.07) is 22.9. The highest BCUT2D eigenvalue weighted by Gasteiger charge is 2.14. The highest BCUT2D eigenvalue weighted by atomic mass is 32.1. The van der Waals surface area contributed by atoms with Crippen molar-refractivity contribution in [1.82, 2.24) is 9.99 Å². The van der Waals surface area contributed by atoms with E-state index in [1.165, 1.54) is 29.7 Å². The Bertz CT molecular complexity index is 1640. The van der Waals surface area contributed by atoms with Crippen LogP contribution in [0.3, 0.4) is 0 Å². The topological polar surface area (TPSA) is 119 Å². The number of hydrogen-bond acceptors (Lipinski definition) is 6. The summed E-state index contributed by atoms with van der Waals surface area (Å²) < 4.78 is 2.60. The highest BCUT2D eigenvalue weighted by Crippen LogP contribution is 2.29. The second-order valence-corrected chi connectivity index (χ2v) is 9.02. The average Bonchev–Trinajstić information content (AvgIpc) is 3.46. The number of carbonyl (C=O) groups excluding carboxylic acids is 2. The maximum absolute atomic E-state index is 12.6. The molecular formula is C26H19N5O4S. The van der Waals surface area contributed by atoms with Crippen molar-refractivity contribution in [3.05, 3.63) is 106 Å². The molecule has 2 aromatic heterocycles. The first-order valence-corrected chi connectivity index (χ1v) is 11.7. The number of thiophene rings is 1. The molecule has 2 N–H and O–H groups in total. The first-order chi connectivity index (χ1) is 17.5. The Hall–Kier alpha value is -4.83. The second kappa shape index (κ2) is 9.80. The molecular weight excluding hydrogens is 478 g/mol. The molecule has 0 saturated carbocycles. The molecule has 0 aliphatic carbocycles. The van der Waals surface area contributed by atoms with Gasteiger partial charge in [0, 0.05) is 50.6 Å². The van der Waals surface area contributed by atoms with Crippen molar-refractivity contribution in [3.8, 4) is 0 Å². The van der Waals surface area contributed by atoms with E-state index in [4.69, 9.17) is 0 Å². The number of hydrogen-bond donors (Lipinski definition) is 2. The minimum absolute atomic E-state index is 0.0286. The Labute approximate surface area is 208 Å². The number of nitrogens with one attached hydrogen (secondary N) is 2. The maximum atomic E-state index is 12.6. The SMILES string of the molecule is O=C(Cn1cc(/C=N\NC(=O)c2cc3cc([N+](=O)[O-])ccc3s2)c2ccccc21)Nc1ccccc1. The van der Waals surface area contributed by atoms with Gasteiger partial charge in [-0.1, -0.05) is 36.4 Å². The van der Waals surface area contributed by atoms with Gasteiger partial charge in [0.05, 0.1) is 16.0 Å². The van der Waals surface area contributed by atoms with E-state index in [-0.39, 0.29) is 18.1 Å². The number of anilines is 1. The normalized spacial score (nSPS) is 11.2. The molecule has 0 spiro atoms. The first-order valence-electron chi connectivity index (χ1n) is 10.9. The molecule has 178 valence electrons. The lowest BCUT2D eigenvalue weighted by Crippen LogP contribution is -2.18. The predicted octanol–water partition coefficient (Wildman–Crippen LogP) is 5.17. The summed E-state index contributed by atoms with van der Waals surface area (Å²) in [5.41, 5.74) is 4.81. The number of para-hydroxylation sites is 2. The molecule has 5 rings (SSSR count). The van der Waals surface area contributed by atoms with Gasteiger partial charge in [-0.2, -0.15) is 5.10 Å². The minimum Gasteiger partial charge on any atom is -0.337 e. The fourth-order valence-electron chi connectivity index (χ4n) is 3.86. The van der Waals surface area contributed by atoms with Crippen molar-refractivity contribution >= 4 is 61.7 Å². The number of aromatic nitrogens is 1. The van der Waals surface area contributed by atoms with E-state index < -0.39 is 10.8 Å². The van der Waals surface area contributed by atoms with Gasteiger partial charge in [-0.3, -0.25) is 19.7 Å². The second-order valence-electron chi connectivity index (χ2n) is 7.93. The van der Waals surface area contributed by atoms with Crippen LogP contribution in [0, 0.1) is 10.1 Å². The van der Waals surface area contributed by atoms with Crippen LogP contribution >= 0.6 is 11.3 Å². The largest absolute Gasteiger partial charge is 0.337 e. The van der Waals surface area contributed by atoms with Crippen LogP contribution < -0.4 is 10.7 Å². The van der Waals surface area contributed by atoms with Gasteiger partial charge in [0.1, 0.15) is 6.54 Å². The summed E-state index contributed by atoms with van der Waals surface area (Å²) in [5, 5.41) is 19.5. The van der Waals surface area contributed by atoms with Gasteiger partial charge in [0.2, 0.25) is 5.91 Å². The van der Waals surface area contributed by atoms with Crippen LogP contribution in [-0.4, -0.2) is 27.5 Å². The van der Waals surface area contributed by atoms with E-state index in [1.54, 1.807) is 12.1 Å². The van der Waals surface area contributed by atoms with E-state index >= 15 is 0 Å². The lowest BCUT2D eigenvalue weighted by molar-refractivity contribution is -0.384. The molecule has 36 heavy (non-hydrogen) atoms.